The maximum Gasteiger partial charge on any atom is 0.308 e. The van der Waals surface area contributed by atoms with Gasteiger partial charge in [-0.1, -0.05) is 30.3 Å². The molecule has 4 heteroatoms. The summed E-state index contributed by atoms with van der Waals surface area (Å²) < 4.78 is 5.31. The Morgan fingerprint density at radius 2 is 2.06 bits per heavy atom. The highest BCUT2D eigenvalue weighted by Crippen LogP contribution is 2.37. The molecule has 2 heterocycles. The maximum atomic E-state index is 11.4. The van der Waals surface area contributed by atoms with Gasteiger partial charge in [0.25, 0.3) is 0 Å². The average molecular weight is 247 g/mol. The SMILES string of the molecule is C[C@@H]1ON([C@@H](C)c2ccccc2)[C@H]2CC(=O)O[C@@H]12. The zero-order valence-electron chi connectivity index (χ0n) is 10.6. The maximum absolute atomic E-state index is 11.4. The van der Waals surface area contributed by atoms with E-state index in [1.807, 2.05) is 30.2 Å². The van der Waals surface area contributed by atoms with E-state index in [0.29, 0.717) is 6.42 Å². The third-order valence-corrected chi connectivity index (χ3v) is 3.76. The van der Waals surface area contributed by atoms with E-state index in [2.05, 4.69) is 19.1 Å². The summed E-state index contributed by atoms with van der Waals surface area (Å²) in [4.78, 5) is 17.3. The zero-order valence-corrected chi connectivity index (χ0v) is 10.6. The lowest BCUT2D eigenvalue weighted by molar-refractivity contribution is -0.191. The van der Waals surface area contributed by atoms with Crippen molar-refractivity contribution in [1.29, 1.82) is 0 Å². The number of nitrogens with zero attached hydrogens (tertiary/aromatic N) is 1. The lowest BCUT2D eigenvalue weighted by atomic mass is 10.0. The molecule has 96 valence electrons. The van der Waals surface area contributed by atoms with Gasteiger partial charge in [0.2, 0.25) is 0 Å². The van der Waals surface area contributed by atoms with Gasteiger partial charge in [0.15, 0.2) is 0 Å². The van der Waals surface area contributed by atoms with Gasteiger partial charge in [-0.2, -0.15) is 5.06 Å². The second-order valence-corrected chi connectivity index (χ2v) is 4.98. The monoisotopic (exact) mass is 247 g/mol. The molecule has 4 nitrogen and oxygen atoms in total. The molecule has 2 fully saturated rings. The van der Waals surface area contributed by atoms with Crippen molar-refractivity contribution in [1.82, 2.24) is 5.06 Å². The normalized spacial score (nSPS) is 33.2. The fraction of sp³-hybridized carbons (Fsp3) is 0.500. The molecule has 18 heavy (non-hydrogen) atoms. The molecule has 0 bridgehead atoms. The minimum absolute atomic E-state index is 0.0442. The van der Waals surface area contributed by atoms with Crippen LogP contribution in [0.25, 0.3) is 0 Å². The Labute approximate surface area is 106 Å². The third kappa shape index (κ3) is 1.82. The van der Waals surface area contributed by atoms with Gasteiger partial charge in [-0.05, 0) is 19.4 Å². The van der Waals surface area contributed by atoms with Crippen molar-refractivity contribution >= 4 is 5.97 Å². The highest BCUT2D eigenvalue weighted by molar-refractivity contribution is 5.73. The molecule has 2 aliphatic heterocycles. The average Bonchev–Trinajstić information content (AvgIpc) is 2.89. The minimum Gasteiger partial charge on any atom is -0.458 e. The molecule has 0 aromatic heterocycles. The van der Waals surface area contributed by atoms with Crippen LogP contribution in [0.4, 0.5) is 0 Å². The highest BCUT2D eigenvalue weighted by atomic mass is 16.7. The van der Waals surface area contributed by atoms with E-state index in [1.54, 1.807) is 0 Å². The minimum atomic E-state index is -0.122. The highest BCUT2D eigenvalue weighted by Gasteiger charge is 2.50. The van der Waals surface area contributed by atoms with Gasteiger partial charge in [-0.25, -0.2) is 0 Å². The number of hydrogen-bond donors (Lipinski definition) is 0. The molecular weight excluding hydrogens is 230 g/mol. The molecule has 0 radical (unpaired) electrons. The van der Waals surface area contributed by atoms with Crippen molar-refractivity contribution in [3.05, 3.63) is 35.9 Å². The fourth-order valence-corrected chi connectivity index (χ4v) is 2.80. The molecule has 4 atom stereocenters. The third-order valence-electron chi connectivity index (χ3n) is 3.76. The number of carbonyl (C=O) groups is 1. The Balaban J connectivity index is 1.83. The van der Waals surface area contributed by atoms with Crippen molar-refractivity contribution in [2.45, 2.75) is 44.6 Å². The Morgan fingerprint density at radius 3 is 2.78 bits per heavy atom. The van der Waals surface area contributed by atoms with E-state index in [1.165, 1.54) is 5.56 Å². The smallest absolute Gasteiger partial charge is 0.308 e. The molecule has 0 aliphatic carbocycles. The molecule has 2 saturated heterocycles. The summed E-state index contributed by atoms with van der Waals surface area (Å²) in [7, 11) is 0. The van der Waals surface area contributed by atoms with Gasteiger partial charge in [0.1, 0.15) is 12.2 Å². The standard InChI is InChI=1S/C14H17NO3/c1-9(11-6-4-3-5-7-11)15-12-8-13(16)17-14(12)10(2)18-15/h3-7,9-10,12,14H,8H2,1-2H3/t9-,10-,12-,14-/m0/s1. The van der Waals surface area contributed by atoms with E-state index in [9.17, 15) is 4.79 Å². The number of ether oxygens (including phenoxy) is 1. The molecule has 0 N–H and O–H groups in total. The quantitative estimate of drug-likeness (QED) is 0.750. The fourth-order valence-electron chi connectivity index (χ4n) is 2.80. The number of esters is 1. The Bertz CT molecular complexity index is 448. The molecular formula is C14H17NO3. The van der Waals surface area contributed by atoms with Crippen molar-refractivity contribution in [3.8, 4) is 0 Å². The number of hydrogen-bond acceptors (Lipinski definition) is 4. The van der Waals surface area contributed by atoms with Gasteiger partial charge in [-0.3, -0.25) is 9.63 Å². The van der Waals surface area contributed by atoms with Crippen LogP contribution in [-0.2, 0) is 14.4 Å². The second kappa shape index (κ2) is 4.37. The predicted octanol–water partition coefficient (Wildman–Crippen LogP) is 2.07. The topological polar surface area (TPSA) is 38.8 Å². The number of carbonyl (C=O) groups excluding carboxylic acids is 1. The first kappa shape index (κ1) is 11.7. The van der Waals surface area contributed by atoms with Crippen molar-refractivity contribution in [3.63, 3.8) is 0 Å². The van der Waals surface area contributed by atoms with Gasteiger partial charge in [0, 0.05) is 0 Å². The van der Waals surface area contributed by atoms with E-state index < -0.39 is 0 Å². The predicted molar refractivity (Wildman–Crippen MR) is 65.5 cm³/mol. The van der Waals surface area contributed by atoms with Crippen molar-refractivity contribution < 1.29 is 14.4 Å². The lowest BCUT2D eigenvalue weighted by Gasteiger charge is -2.27. The number of hydroxylamine groups is 2. The van der Waals surface area contributed by atoms with Crippen LogP contribution in [0.15, 0.2) is 30.3 Å². The number of rotatable bonds is 2. The summed E-state index contributed by atoms with van der Waals surface area (Å²) in [5.74, 6) is -0.120. The second-order valence-electron chi connectivity index (χ2n) is 4.98. The van der Waals surface area contributed by atoms with E-state index >= 15 is 0 Å². The van der Waals surface area contributed by atoms with E-state index in [0.717, 1.165) is 0 Å². The van der Waals surface area contributed by atoms with Crippen molar-refractivity contribution in [2.24, 2.45) is 0 Å². The first-order valence-corrected chi connectivity index (χ1v) is 6.36. The summed E-state index contributed by atoms with van der Waals surface area (Å²) in [6, 6.07) is 10.3. The summed E-state index contributed by atoms with van der Waals surface area (Å²) >= 11 is 0. The molecule has 0 amide bonds. The van der Waals surface area contributed by atoms with Gasteiger partial charge in [-0.15, -0.1) is 0 Å². The van der Waals surface area contributed by atoms with Crippen LogP contribution in [0.2, 0.25) is 0 Å². The first-order chi connectivity index (χ1) is 8.66. The van der Waals surface area contributed by atoms with Gasteiger partial charge in [0.05, 0.1) is 18.5 Å². The van der Waals surface area contributed by atoms with E-state index in [4.69, 9.17) is 9.57 Å². The molecule has 0 saturated carbocycles. The van der Waals surface area contributed by atoms with Crippen LogP contribution in [-0.4, -0.2) is 29.3 Å². The van der Waals surface area contributed by atoms with Gasteiger partial charge >= 0.3 is 5.97 Å². The molecule has 0 unspecified atom stereocenters. The molecule has 3 rings (SSSR count). The van der Waals surface area contributed by atoms with E-state index in [-0.39, 0.29) is 30.3 Å². The molecule has 0 spiro atoms. The summed E-state index contributed by atoms with van der Waals surface area (Å²) in [6.45, 7) is 4.04. The molecule has 1 aromatic carbocycles. The van der Waals surface area contributed by atoms with Crippen LogP contribution >= 0.6 is 0 Å². The molecule has 1 aromatic rings. The number of fused-ring (bicyclic) bond motifs is 1. The van der Waals surface area contributed by atoms with Crippen LogP contribution in [0.1, 0.15) is 31.9 Å². The summed E-state index contributed by atoms with van der Waals surface area (Å²) in [5, 5.41) is 1.93. The van der Waals surface area contributed by atoms with Gasteiger partial charge < -0.3 is 4.74 Å². The Hall–Kier alpha value is -1.39. The lowest BCUT2D eigenvalue weighted by Crippen LogP contribution is -2.33. The largest absolute Gasteiger partial charge is 0.458 e. The number of benzene rings is 1. The Kier molecular flexibility index (Phi) is 2.84. The summed E-state index contributed by atoms with van der Waals surface area (Å²) in [6.07, 6.45) is 0.239. The zero-order chi connectivity index (χ0) is 12.7. The first-order valence-electron chi connectivity index (χ1n) is 6.36. The van der Waals surface area contributed by atoms with Crippen molar-refractivity contribution in [2.75, 3.05) is 0 Å². The van der Waals surface area contributed by atoms with Crippen LogP contribution in [0, 0.1) is 0 Å². The Morgan fingerprint density at radius 1 is 1.33 bits per heavy atom. The van der Waals surface area contributed by atoms with Crippen LogP contribution < -0.4 is 0 Å². The van der Waals surface area contributed by atoms with Crippen LogP contribution in [0.5, 0.6) is 0 Å². The molecule has 2 aliphatic rings. The van der Waals surface area contributed by atoms with Crippen LogP contribution in [0.3, 0.4) is 0 Å². The summed E-state index contributed by atoms with van der Waals surface area (Å²) in [5.41, 5.74) is 1.18.